The summed E-state index contributed by atoms with van der Waals surface area (Å²) in [5.41, 5.74) is 1.13. The minimum atomic E-state index is -0.185. The third kappa shape index (κ3) is 5.94. The number of thioether (sulfide) groups is 1. The van der Waals surface area contributed by atoms with Gasteiger partial charge in [-0.1, -0.05) is 23.7 Å². The molecule has 4 nitrogen and oxygen atoms in total. The lowest BCUT2D eigenvalue weighted by atomic mass is 10.1. The van der Waals surface area contributed by atoms with E-state index in [1.807, 2.05) is 69.6 Å². The van der Waals surface area contributed by atoms with E-state index >= 15 is 0 Å². The molecule has 0 heterocycles. The van der Waals surface area contributed by atoms with Gasteiger partial charge in [0.05, 0.1) is 18.4 Å². The molecule has 1 N–H and O–H groups in total. The summed E-state index contributed by atoms with van der Waals surface area (Å²) in [7, 11) is 5.66. The Labute approximate surface area is 164 Å². The summed E-state index contributed by atoms with van der Waals surface area (Å²) in [6, 6.07) is 15.5. The highest BCUT2D eigenvalue weighted by molar-refractivity contribution is 8.00. The fraction of sp³-hybridized carbons (Fsp3) is 0.350. The molecule has 0 saturated heterocycles. The third-order valence-corrected chi connectivity index (χ3v) is 5.45. The van der Waals surface area contributed by atoms with Crippen molar-refractivity contribution in [3.63, 3.8) is 0 Å². The minimum absolute atomic E-state index is 0.0188. The number of carbonyl (C=O) groups excluding carboxylic acids is 1. The van der Waals surface area contributed by atoms with Crippen LogP contribution in [0.3, 0.4) is 0 Å². The van der Waals surface area contributed by atoms with Crippen molar-refractivity contribution < 1.29 is 9.53 Å². The topological polar surface area (TPSA) is 41.6 Å². The van der Waals surface area contributed by atoms with Gasteiger partial charge in [0, 0.05) is 16.5 Å². The van der Waals surface area contributed by atoms with E-state index in [0.717, 1.165) is 16.2 Å². The maximum Gasteiger partial charge on any atom is 0.233 e. The summed E-state index contributed by atoms with van der Waals surface area (Å²) >= 11 is 7.42. The van der Waals surface area contributed by atoms with Crippen LogP contribution in [0.5, 0.6) is 5.75 Å². The number of carbonyl (C=O) groups is 1. The van der Waals surface area contributed by atoms with E-state index < -0.39 is 0 Å². The molecule has 0 bridgehead atoms. The number of halogens is 1. The van der Waals surface area contributed by atoms with Crippen molar-refractivity contribution in [3.05, 3.63) is 59.1 Å². The van der Waals surface area contributed by atoms with Crippen LogP contribution >= 0.6 is 23.4 Å². The van der Waals surface area contributed by atoms with Gasteiger partial charge in [-0.05, 0) is 63.0 Å². The molecule has 0 spiro atoms. The van der Waals surface area contributed by atoms with Gasteiger partial charge in [0.1, 0.15) is 5.75 Å². The Balaban J connectivity index is 1.94. The lowest BCUT2D eigenvalue weighted by Gasteiger charge is -2.26. The molecule has 0 aliphatic heterocycles. The van der Waals surface area contributed by atoms with Gasteiger partial charge in [0.15, 0.2) is 0 Å². The molecule has 0 saturated carbocycles. The van der Waals surface area contributed by atoms with Gasteiger partial charge in [-0.3, -0.25) is 4.79 Å². The summed E-state index contributed by atoms with van der Waals surface area (Å²) in [6.45, 7) is 2.45. The van der Waals surface area contributed by atoms with Crippen molar-refractivity contribution in [2.24, 2.45) is 0 Å². The molecule has 0 aromatic heterocycles. The van der Waals surface area contributed by atoms with Crippen molar-refractivity contribution in [3.8, 4) is 5.75 Å². The predicted molar refractivity (Wildman–Crippen MR) is 109 cm³/mol. The molecule has 2 unspecified atom stereocenters. The zero-order valence-corrected chi connectivity index (χ0v) is 17.1. The van der Waals surface area contributed by atoms with Crippen LogP contribution in [0.15, 0.2) is 53.4 Å². The van der Waals surface area contributed by atoms with Crippen LogP contribution in [0.1, 0.15) is 18.5 Å². The van der Waals surface area contributed by atoms with Crippen LogP contribution in [0.25, 0.3) is 0 Å². The molecule has 6 heteroatoms. The average Bonchev–Trinajstić information content (AvgIpc) is 2.63. The Morgan fingerprint density at radius 3 is 2.31 bits per heavy atom. The van der Waals surface area contributed by atoms with Gasteiger partial charge >= 0.3 is 0 Å². The molecule has 26 heavy (non-hydrogen) atoms. The molecule has 0 radical (unpaired) electrons. The molecule has 140 valence electrons. The Morgan fingerprint density at radius 1 is 1.15 bits per heavy atom. The molecule has 2 rings (SSSR count). The van der Waals surface area contributed by atoms with Gasteiger partial charge in [-0.2, -0.15) is 0 Å². The second-order valence-corrected chi connectivity index (χ2v) is 8.06. The second kappa shape index (κ2) is 9.86. The Hall–Kier alpha value is -1.69. The fourth-order valence-electron chi connectivity index (χ4n) is 2.54. The largest absolute Gasteiger partial charge is 0.497 e. The van der Waals surface area contributed by atoms with Gasteiger partial charge in [0.2, 0.25) is 5.91 Å². The Bertz CT molecular complexity index is 705. The van der Waals surface area contributed by atoms with Crippen molar-refractivity contribution in [1.82, 2.24) is 10.2 Å². The number of rotatable bonds is 8. The number of likely N-dealkylation sites (N-methyl/N-ethyl adjacent to an activating group) is 1. The first-order chi connectivity index (χ1) is 12.4. The summed E-state index contributed by atoms with van der Waals surface area (Å²) in [6.07, 6.45) is 0. The highest BCUT2D eigenvalue weighted by atomic mass is 35.5. The zero-order chi connectivity index (χ0) is 19.1. The minimum Gasteiger partial charge on any atom is -0.497 e. The number of hydrogen-bond donors (Lipinski definition) is 1. The first kappa shape index (κ1) is 20.6. The highest BCUT2D eigenvalue weighted by Crippen LogP contribution is 2.25. The van der Waals surface area contributed by atoms with Crippen LogP contribution in [-0.4, -0.2) is 43.8 Å². The Kier molecular flexibility index (Phi) is 7.82. The number of ether oxygens (including phenoxy) is 1. The number of hydrogen-bond acceptors (Lipinski definition) is 4. The predicted octanol–water partition coefficient (Wildman–Crippen LogP) is 4.25. The summed E-state index contributed by atoms with van der Waals surface area (Å²) < 4.78 is 5.21. The monoisotopic (exact) mass is 392 g/mol. The van der Waals surface area contributed by atoms with E-state index in [9.17, 15) is 4.79 Å². The quantitative estimate of drug-likeness (QED) is 0.682. The van der Waals surface area contributed by atoms with E-state index in [1.54, 1.807) is 7.11 Å². The lowest BCUT2D eigenvalue weighted by molar-refractivity contribution is -0.120. The number of methoxy groups -OCH3 is 1. The third-order valence-electron chi connectivity index (χ3n) is 4.09. The standard InChI is InChI=1S/C20H25ClN2O2S/c1-14(26-18-11-7-16(21)8-12-18)20(24)22-13-19(23(2)3)15-5-9-17(25-4)10-6-15/h5-12,14,19H,13H2,1-4H3,(H,22,24). The zero-order valence-electron chi connectivity index (χ0n) is 15.5. The van der Waals surface area contributed by atoms with Gasteiger partial charge in [0.25, 0.3) is 0 Å². The Morgan fingerprint density at radius 2 is 1.77 bits per heavy atom. The van der Waals surface area contributed by atoms with Crippen LogP contribution in [0.4, 0.5) is 0 Å². The van der Waals surface area contributed by atoms with Crippen molar-refractivity contribution in [1.29, 1.82) is 0 Å². The maximum atomic E-state index is 12.5. The van der Waals surface area contributed by atoms with Crippen LogP contribution in [0.2, 0.25) is 5.02 Å². The molecule has 0 fully saturated rings. The van der Waals surface area contributed by atoms with E-state index in [0.29, 0.717) is 11.6 Å². The van der Waals surface area contributed by atoms with Gasteiger partial charge in [-0.15, -0.1) is 11.8 Å². The van der Waals surface area contributed by atoms with Crippen molar-refractivity contribution >= 4 is 29.3 Å². The van der Waals surface area contributed by atoms with E-state index in [4.69, 9.17) is 16.3 Å². The number of nitrogens with one attached hydrogen (secondary N) is 1. The lowest BCUT2D eigenvalue weighted by Crippen LogP contribution is -2.38. The second-order valence-electron chi connectivity index (χ2n) is 6.21. The molecule has 2 atom stereocenters. The fourth-order valence-corrected chi connectivity index (χ4v) is 3.55. The van der Waals surface area contributed by atoms with E-state index in [1.165, 1.54) is 11.8 Å². The SMILES string of the molecule is COc1ccc(C(CNC(=O)C(C)Sc2ccc(Cl)cc2)N(C)C)cc1. The van der Waals surface area contributed by atoms with Crippen molar-refractivity contribution in [2.75, 3.05) is 27.7 Å². The first-order valence-electron chi connectivity index (χ1n) is 8.41. The van der Waals surface area contributed by atoms with Crippen LogP contribution < -0.4 is 10.1 Å². The smallest absolute Gasteiger partial charge is 0.233 e. The van der Waals surface area contributed by atoms with Gasteiger partial charge in [-0.25, -0.2) is 0 Å². The molecular weight excluding hydrogens is 368 g/mol. The highest BCUT2D eigenvalue weighted by Gasteiger charge is 2.19. The number of benzene rings is 2. The summed E-state index contributed by atoms with van der Waals surface area (Å²) in [4.78, 5) is 15.6. The molecule has 2 aromatic carbocycles. The molecule has 2 aromatic rings. The van der Waals surface area contributed by atoms with E-state index in [2.05, 4.69) is 10.2 Å². The van der Waals surface area contributed by atoms with Crippen molar-refractivity contribution in [2.45, 2.75) is 23.1 Å². The van der Waals surface area contributed by atoms with Gasteiger partial charge < -0.3 is 15.0 Å². The summed E-state index contributed by atoms with van der Waals surface area (Å²) in [5.74, 6) is 0.841. The molecular formula is C20H25ClN2O2S. The number of nitrogens with zero attached hydrogens (tertiary/aromatic N) is 1. The van der Waals surface area contributed by atoms with Crippen LogP contribution in [0, 0.1) is 0 Å². The summed E-state index contributed by atoms with van der Waals surface area (Å²) in [5, 5.41) is 3.57. The number of amides is 1. The normalized spacial score (nSPS) is 13.3. The molecule has 0 aliphatic rings. The molecule has 1 amide bonds. The van der Waals surface area contributed by atoms with Crippen LogP contribution in [-0.2, 0) is 4.79 Å². The average molecular weight is 393 g/mol. The molecule has 0 aliphatic carbocycles. The maximum absolute atomic E-state index is 12.5. The first-order valence-corrected chi connectivity index (χ1v) is 9.66. The van der Waals surface area contributed by atoms with E-state index in [-0.39, 0.29) is 17.2 Å².